The lowest BCUT2D eigenvalue weighted by atomic mass is 9.96. The van der Waals surface area contributed by atoms with Crippen LogP contribution in [-0.2, 0) is 0 Å². The second-order valence-corrected chi connectivity index (χ2v) is 6.11. The predicted molar refractivity (Wildman–Crippen MR) is 90.2 cm³/mol. The second kappa shape index (κ2) is 10.8. The van der Waals surface area contributed by atoms with Crippen molar-refractivity contribution in [3.05, 3.63) is 35.1 Å². The highest BCUT2D eigenvalue weighted by Gasteiger charge is 2.11. The summed E-state index contributed by atoms with van der Waals surface area (Å²) in [6.45, 7) is 4.26. The van der Waals surface area contributed by atoms with Gasteiger partial charge in [0.2, 0.25) is 0 Å². The Morgan fingerprint density at radius 1 is 1.00 bits per heavy atom. The molecule has 0 saturated carbocycles. The smallest absolute Gasteiger partial charge is 0.123 e. The largest absolute Gasteiger partial charge is 0.313 e. The van der Waals surface area contributed by atoms with E-state index in [2.05, 4.69) is 12.2 Å². The number of benzene rings is 1. The van der Waals surface area contributed by atoms with Crippen LogP contribution in [0.2, 0.25) is 0 Å². The van der Waals surface area contributed by atoms with Crippen molar-refractivity contribution in [2.24, 2.45) is 0 Å². The summed E-state index contributed by atoms with van der Waals surface area (Å²) in [5, 5.41) is 3.38. The van der Waals surface area contributed by atoms with E-state index in [0.717, 1.165) is 12.0 Å². The molecule has 0 bridgehead atoms. The van der Waals surface area contributed by atoms with Crippen molar-refractivity contribution in [1.29, 1.82) is 0 Å². The van der Waals surface area contributed by atoms with Crippen LogP contribution in [0.1, 0.15) is 81.9 Å². The first-order valence-corrected chi connectivity index (χ1v) is 8.62. The van der Waals surface area contributed by atoms with E-state index in [1.165, 1.54) is 56.9 Å². The molecule has 0 amide bonds. The van der Waals surface area contributed by atoms with Gasteiger partial charge in [-0.25, -0.2) is 4.39 Å². The molecule has 1 N–H and O–H groups in total. The summed E-state index contributed by atoms with van der Waals surface area (Å²) in [7, 11) is 2.00. The van der Waals surface area contributed by atoms with E-state index < -0.39 is 0 Å². The van der Waals surface area contributed by atoms with Crippen molar-refractivity contribution in [1.82, 2.24) is 5.32 Å². The van der Waals surface area contributed by atoms with Crippen LogP contribution >= 0.6 is 0 Å². The summed E-state index contributed by atoms with van der Waals surface area (Å²) in [4.78, 5) is 0. The molecule has 2 heteroatoms. The van der Waals surface area contributed by atoms with Gasteiger partial charge in [-0.15, -0.1) is 0 Å². The van der Waals surface area contributed by atoms with Gasteiger partial charge in [-0.1, -0.05) is 64.4 Å². The highest BCUT2D eigenvalue weighted by Crippen LogP contribution is 2.23. The van der Waals surface area contributed by atoms with E-state index in [0.29, 0.717) is 6.04 Å². The molecule has 1 atom stereocenters. The van der Waals surface area contributed by atoms with Gasteiger partial charge in [-0.3, -0.25) is 0 Å². The van der Waals surface area contributed by atoms with Gasteiger partial charge in [-0.05, 0) is 43.7 Å². The molecule has 0 aliphatic rings. The Labute approximate surface area is 130 Å². The van der Waals surface area contributed by atoms with Crippen LogP contribution < -0.4 is 5.32 Å². The van der Waals surface area contributed by atoms with Crippen LogP contribution in [0.3, 0.4) is 0 Å². The summed E-state index contributed by atoms with van der Waals surface area (Å²) in [5.41, 5.74) is 2.29. The van der Waals surface area contributed by atoms with Gasteiger partial charge in [0.25, 0.3) is 0 Å². The fourth-order valence-electron chi connectivity index (χ4n) is 2.97. The van der Waals surface area contributed by atoms with Crippen molar-refractivity contribution in [3.8, 4) is 0 Å². The van der Waals surface area contributed by atoms with Crippen LogP contribution in [0.5, 0.6) is 0 Å². The molecule has 1 aromatic rings. The molecule has 0 heterocycles. The average Bonchev–Trinajstić information content (AvgIpc) is 2.47. The van der Waals surface area contributed by atoms with E-state index in [4.69, 9.17) is 0 Å². The molecule has 0 fully saturated rings. The maximum atomic E-state index is 13.2. The van der Waals surface area contributed by atoms with Crippen molar-refractivity contribution in [2.45, 2.75) is 77.7 Å². The minimum Gasteiger partial charge on any atom is -0.313 e. The van der Waals surface area contributed by atoms with Gasteiger partial charge in [0.05, 0.1) is 0 Å². The van der Waals surface area contributed by atoms with E-state index in [9.17, 15) is 4.39 Å². The number of halogens is 1. The van der Waals surface area contributed by atoms with E-state index >= 15 is 0 Å². The molecular weight excluding hydrogens is 261 g/mol. The molecule has 1 aromatic carbocycles. The lowest BCUT2D eigenvalue weighted by molar-refractivity contribution is 0.492. The number of aryl methyl sites for hydroxylation is 1. The summed E-state index contributed by atoms with van der Waals surface area (Å²) in [6, 6.07) is 5.48. The standard InChI is InChI=1S/C19H32FN/c1-4-5-6-7-8-9-10-11-12-19(21-3)18-14-13-17(20)15-16(18)2/h13-15,19,21H,4-12H2,1-3H3. The van der Waals surface area contributed by atoms with Gasteiger partial charge in [0.15, 0.2) is 0 Å². The van der Waals surface area contributed by atoms with Gasteiger partial charge >= 0.3 is 0 Å². The topological polar surface area (TPSA) is 12.0 Å². The molecule has 0 radical (unpaired) electrons. The first-order chi connectivity index (χ1) is 10.2. The fourth-order valence-corrected chi connectivity index (χ4v) is 2.97. The van der Waals surface area contributed by atoms with Crippen molar-refractivity contribution in [2.75, 3.05) is 7.05 Å². The van der Waals surface area contributed by atoms with E-state index in [1.807, 2.05) is 20.0 Å². The monoisotopic (exact) mass is 293 g/mol. The highest BCUT2D eigenvalue weighted by molar-refractivity contribution is 5.29. The zero-order valence-electron chi connectivity index (χ0n) is 14.1. The second-order valence-electron chi connectivity index (χ2n) is 6.11. The summed E-state index contributed by atoms with van der Waals surface area (Å²) < 4.78 is 13.2. The van der Waals surface area contributed by atoms with Crippen molar-refractivity contribution < 1.29 is 4.39 Å². The van der Waals surface area contributed by atoms with Crippen LogP contribution in [0.4, 0.5) is 4.39 Å². The number of hydrogen-bond donors (Lipinski definition) is 1. The molecule has 1 nitrogen and oxygen atoms in total. The highest BCUT2D eigenvalue weighted by atomic mass is 19.1. The Morgan fingerprint density at radius 3 is 2.19 bits per heavy atom. The molecule has 0 saturated heterocycles. The third kappa shape index (κ3) is 7.08. The molecule has 120 valence electrons. The molecule has 1 rings (SSSR count). The minimum atomic E-state index is -0.141. The predicted octanol–water partition coefficient (Wildman–Crippen LogP) is 5.93. The van der Waals surface area contributed by atoms with Gasteiger partial charge < -0.3 is 5.32 Å². The molecule has 0 aliphatic carbocycles. The summed E-state index contributed by atoms with van der Waals surface area (Å²) in [5.74, 6) is -0.141. The third-order valence-corrected chi connectivity index (χ3v) is 4.30. The lowest BCUT2D eigenvalue weighted by Gasteiger charge is -2.19. The summed E-state index contributed by atoms with van der Waals surface area (Å²) >= 11 is 0. The van der Waals surface area contributed by atoms with Crippen molar-refractivity contribution >= 4 is 0 Å². The quantitative estimate of drug-likeness (QED) is 0.499. The first-order valence-electron chi connectivity index (χ1n) is 8.62. The average molecular weight is 293 g/mol. The molecular formula is C19H32FN. The van der Waals surface area contributed by atoms with Crippen molar-refractivity contribution in [3.63, 3.8) is 0 Å². The maximum Gasteiger partial charge on any atom is 0.123 e. The zero-order chi connectivity index (χ0) is 15.5. The Hall–Kier alpha value is -0.890. The van der Waals surface area contributed by atoms with Gasteiger partial charge in [0, 0.05) is 6.04 Å². The van der Waals surface area contributed by atoms with E-state index in [-0.39, 0.29) is 5.82 Å². The van der Waals surface area contributed by atoms with Crippen LogP contribution in [0, 0.1) is 12.7 Å². The lowest BCUT2D eigenvalue weighted by Crippen LogP contribution is -2.17. The fraction of sp³-hybridized carbons (Fsp3) is 0.684. The molecule has 21 heavy (non-hydrogen) atoms. The van der Waals surface area contributed by atoms with Gasteiger partial charge in [-0.2, -0.15) is 0 Å². The number of nitrogens with one attached hydrogen (secondary N) is 1. The SMILES string of the molecule is CCCCCCCCCCC(NC)c1ccc(F)cc1C. The zero-order valence-corrected chi connectivity index (χ0v) is 14.1. The minimum absolute atomic E-state index is 0.141. The molecule has 0 spiro atoms. The Kier molecular flexibility index (Phi) is 9.32. The molecule has 0 aromatic heterocycles. The molecule has 0 aliphatic heterocycles. The molecule has 1 unspecified atom stereocenters. The third-order valence-electron chi connectivity index (χ3n) is 4.30. The van der Waals surface area contributed by atoms with Crippen LogP contribution in [0.25, 0.3) is 0 Å². The normalized spacial score (nSPS) is 12.6. The Morgan fingerprint density at radius 2 is 1.62 bits per heavy atom. The summed E-state index contributed by atoms with van der Waals surface area (Å²) in [6.07, 6.45) is 11.9. The van der Waals surface area contributed by atoms with Gasteiger partial charge in [0.1, 0.15) is 5.82 Å². The van der Waals surface area contributed by atoms with Crippen LogP contribution in [0.15, 0.2) is 18.2 Å². The Balaban J connectivity index is 2.25. The maximum absolute atomic E-state index is 13.2. The van der Waals surface area contributed by atoms with E-state index in [1.54, 1.807) is 12.1 Å². The number of rotatable bonds is 11. The number of hydrogen-bond acceptors (Lipinski definition) is 1. The first kappa shape index (κ1) is 18.2. The van der Waals surface area contributed by atoms with Crippen LogP contribution in [-0.4, -0.2) is 7.05 Å². The Bertz CT molecular complexity index is 389. The number of unbranched alkanes of at least 4 members (excludes halogenated alkanes) is 7.